The molecule has 1 aliphatic carbocycles. The molecule has 1 heterocycles. The summed E-state index contributed by atoms with van der Waals surface area (Å²) in [5.41, 5.74) is 0.714. The maximum Gasteiger partial charge on any atom is 0.254 e. The third-order valence-electron chi connectivity index (χ3n) is 3.97. The van der Waals surface area contributed by atoms with Crippen LogP contribution in [0.15, 0.2) is 11.0 Å². The molecule has 0 spiro atoms. The first-order valence-corrected chi connectivity index (χ1v) is 8.00. The highest BCUT2D eigenvalue weighted by Gasteiger charge is 2.23. The molecular formula is C14H21BrN2O. The van der Waals surface area contributed by atoms with Gasteiger partial charge in [0.15, 0.2) is 0 Å². The molecule has 100 valence electrons. The number of aromatic amines is 1. The number of H-pyrrole nitrogens is 1. The van der Waals surface area contributed by atoms with Crippen molar-refractivity contribution in [2.24, 2.45) is 5.92 Å². The van der Waals surface area contributed by atoms with Gasteiger partial charge in [0.25, 0.3) is 5.56 Å². The number of hydrogen-bond donors (Lipinski definition) is 1. The molecule has 0 amide bonds. The number of nitrogens with zero attached hydrogens (tertiary/aromatic N) is 1. The molecule has 0 radical (unpaired) electrons. The normalized spacial score (nSPS) is 24.1. The summed E-state index contributed by atoms with van der Waals surface area (Å²) >= 11 is 3.29. The van der Waals surface area contributed by atoms with Gasteiger partial charge in [-0.15, -0.1) is 0 Å². The van der Waals surface area contributed by atoms with Crippen LogP contribution in [-0.4, -0.2) is 9.97 Å². The molecule has 1 saturated carbocycles. The van der Waals surface area contributed by atoms with E-state index >= 15 is 0 Å². The van der Waals surface area contributed by atoms with Crippen molar-refractivity contribution in [3.63, 3.8) is 0 Å². The van der Waals surface area contributed by atoms with Crippen molar-refractivity contribution in [2.75, 3.05) is 0 Å². The maximum absolute atomic E-state index is 11.8. The molecule has 0 unspecified atom stereocenters. The lowest BCUT2D eigenvalue weighted by Crippen LogP contribution is -2.20. The fraction of sp³-hybridized carbons (Fsp3) is 0.714. The number of nitrogens with one attached hydrogen (secondary N) is 1. The van der Waals surface area contributed by atoms with Gasteiger partial charge in [0.1, 0.15) is 5.82 Å². The second-order valence-corrected chi connectivity index (χ2v) is 5.82. The molecule has 3 nitrogen and oxygen atoms in total. The monoisotopic (exact) mass is 312 g/mol. The lowest BCUT2D eigenvalue weighted by molar-refractivity contribution is 0.302. The number of halogens is 1. The highest BCUT2D eigenvalue weighted by atomic mass is 79.9. The highest BCUT2D eigenvalue weighted by molar-refractivity contribution is 9.08. The van der Waals surface area contributed by atoms with Crippen molar-refractivity contribution in [3.05, 3.63) is 27.9 Å². The topological polar surface area (TPSA) is 45.8 Å². The first-order valence-electron chi connectivity index (χ1n) is 6.88. The van der Waals surface area contributed by atoms with Crippen LogP contribution in [0, 0.1) is 5.92 Å². The van der Waals surface area contributed by atoms with Gasteiger partial charge in [0.2, 0.25) is 0 Å². The molecule has 2 rings (SSSR count). The Bertz CT molecular complexity index is 436. The SMILES string of the molecule is CCCC1CCC(c2ncc(CBr)c(=O)[nH]2)CC1. The van der Waals surface area contributed by atoms with Crippen molar-refractivity contribution in [1.82, 2.24) is 9.97 Å². The van der Waals surface area contributed by atoms with Crippen LogP contribution in [-0.2, 0) is 5.33 Å². The van der Waals surface area contributed by atoms with Crippen LogP contribution in [0.2, 0.25) is 0 Å². The molecule has 1 aliphatic rings. The fourth-order valence-electron chi connectivity index (χ4n) is 2.87. The first-order chi connectivity index (χ1) is 8.74. The van der Waals surface area contributed by atoms with E-state index in [1.807, 2.05) is 0 Å². The van der Waals surface area contributed by atoms with Crippen LogP contribution in [0.4, 0.5) is 0 Å². The van der Waals surface area contributed by atoms with Gasteiger partial charge in [-0.2, -0.15) is 0 Å². The average molecular weight is 313 g/mol. The van der Waals surface area contributed by atoms with E-state index in [9.17, 15) is 4.79 Å². The van der Waals surface area contributed by atoms with Crippen LogP contribution >= 0.6 is 15.9 Å². The second kappa shape index (κ2) is 6.50. The van der Waals surface area contributed by atoms with Gasteiger partial charge in [-0.05, 0) is 31.6 Å². The molecule has 1 fully saturated rings. The summed E-state index contributed by atoms with van der Waals surface area (Å²) in [6, 6.07) is 0. The Morgan fingerprint density at radius 3 is 2.67 bits per heavy atom. The average Bonchev–Trinajstić information content (AvgIpc) is 2.40. The van der Waals surface area contributed by atoms with Gasteiger partial charge in [-0.1, -0.05) is 35.7 Å². The summed E-state index contributed by atoms with van der Waals surface area (Å²) in [6.07, 6.45) is 9.23. The summed E-state index contributed by atoms with van der Waals surface area (Å²) in [5, 5.41) is 0.568. The largest absolute Gasteiger partial charge is 0.310 e. The summed E-state index contributed by atoms with van der Waals surface area (Å²) in [4.78, 5) is 19.1. The van der Waals surface area contributed by atoms with E-state index in [2.05, 4.69) is 32.8 Å². The lowest BCUT2D eigenvalue weighted by Gasteiger charge is -2.27. The minimum absolute atomic E-state index is 0.00700. The van der Waals surface area contributed by atoms with E-state index in [0.717, 1.165) is 11.7 Å². The fourth-order valence-corrected chi connectivity index (χ4v) is 3.27. The first kappa shape index (κ1) is 13.8. The Labute approximate surface area is 117 Å². The summed E-state index contributed by atoms with van der Waals surface area (Å²) < 4.78 is 0. The predicted octanol–water partition coefficient (Wildman–Crippen LogP) is 3.74. The van der Waals surface area contributed by atoms with Gasteiger partial charge in [0, 0.05) is 23.0 Å². The van der Waals surface area contributed by atoms with Gasteiger partial charge in [-0.25, -0.2) is 4.98 Å². The third kappa shape index (κ3) is 3.22. The zero-order valence-corrected chi connectivity index (χ0v) is 12.5. The molecule has 1 aromatic rings. The molecule has 1 aromatic heterocycles. The minimum Gasteiger partial charge on any atom is -0.310 e. The van der Waals surface area contributed by atoms with Crippen LogP contribution in [0.3, 0.4) is 0 Å². The summed E-state index contributed by atoms with van der Waals surface area (Å²) in [5.74, 6) is 2.23. The van der Waals surface area contributed by atoms with Crippen molar-refractivity contribution in [2.45, 2.75) is 56.7 Å². The molecule has 0 bridgehead atoms. The van der Waals surface area contributed by atoms with Crippen LogP contribution < -0.4 is 5.56 Å². The van der Waals surface area contributed by atoms with Crippen LogP contribution in [0.25, 0.3) is 0 Å². The van der Waals surface area contributed by atoms with Crippen molar-refractivity contribution in [1.29, 1.82) is 0 Å². The van der Waals surface area contributed by atoms with Gasteiger partial charge in [-0.3, -0.25) is 4.79 Å². The number of hydrogen-bond acceptors (Lipinski definition) is 2. The molecule has 0 aliphatic heterocycles. The molecular weight excluding hydrogens is 292 g/mol. The zero-order valence-electron chi connectivity index (χ0n) is 10.9. The van der Waals surface area contributed by atoms with Gasteiger partial charge in [0.05, 0.1) is 0 Å². The number of alkyl halides is 1. The maximum atomic E-state index is 11.8. The highest BCUT2D eigenvalue weighted by Crippen LogP contribution is 2.35. The smallest absolute Gasteiger partial charge is 0.254 e. The molecule has 0 atom stereocenters. The second-order valence-electron chi connectivity index (χ2n) is 5.26. The number of aromatic nitrogens is 2. The standard InChI is InChI=1S/C14H21BrN2O/c1-2-3-10-4-6-11(7-5-10)13-16-9-12(8-15)14(18)17-13/h9-11H,2-8H2,1H3,(H,16,17,18). The summed E-state index contributed by atoms with van der Waals surface area (Å²) in [7, 11) is 0. The minimum atomic E-state index is 0.00700. The molecule has 18 heavy (non-hydrogen) atoms. The molecule has 4 heteroatoms. The van der Waals surface area contributed by atoms with Crippen molar-refractivity contribution >= 4 is 15.9 Å². The van der Waals surface area contributed by atoms with Crippen LogP contribution in [0.1, 0.15) is 62.8 Å². The summed E-state index contributed by atoms with van der Waals surface area (Å²) in [6.45, 7) is 2.25. The third-order valence-corrected chi connectivity index (χ3v) is 4.57. The Balaban J connectivity index is 2.01. The Kier molecular flexibility index (Phi) is 4.98. The Hall–Kier alpha value is -0.640. The van der Waals surface area contributed by atoms with Gasteiger partial charge < -0.3 is 4.98 Å². The van der Waals surface area contributed by atoms with E-state index in [-0.39, 0.29) is 5.56 Å². The molecule has 0 aromatic carbocycles. The van der Waals surface area contributed by atoms with Crippen molar-refractivity contribution < 1.29 is 0 Å². The van der Waals surface area contributed by atoms with Crippen molar-refractivity contribution in [3.8, 4) is 0 Å². The Morgan fingerprint density at radius 1 is 1.39 bits per heavy atom. The quantitative estimate of drug-likeness (QED) is 0.861. The van der Waals surface area contributed by atoms with Gasteiger partial charge >= 0.3 is 0 Å². The lowest BCUT2D eigenvalue weighted by atomic mass is 9.80. The zero-order chi connectivity index (χ0) is 13.0. The molecule has 0 saturated heterocycles. The predicted molar refractivity (Wildman–Crippen MR) is 77.1 cm³/mol. The van der Waals surface area contributed by atoms with E-state index in [1.165, 1.54) is 38.5 Å². The van der Waals surface area contributed by atoms with E-state index in [1.54, 1.807) is 6.20 Å². The van der Waals surface area contributed by atoms with E-state index in [4.69, 9.17) is 0 Å². The van der Waals surface area contributed by atoms with E-state index < -0.39 is 0 Å². The molecule has 1 N–H and O–H groups in total. The van der Waals surface area contributed by atoms with Crippen LogP contribution in [0.5, 0.6) is 0 Å². The van der Waals surface area contributed by atoms with E-state index in [0.29, 0.717) is 16.8 Å². The Morgan fingerprint density at radius 2 is 2.11 bits per heavy atom. The number of rotatable bonds is 4.